The molecule has 0 bridgehead atoms. The van der Waals surface area contributed by atoms with Crippen LogP contribution < -0.4 is 15.2 Å². The van der Waals surface area contributed by atoms with Gasteiger partial charge in [0.15, 0.2) is 6.61 Å². The van der Waals surface area contributed by atoms with Crippen molar-refractivity contribution in [1.29, 1.82) is 0 Å². The quantitative estimate of drug-likeness (QED) is 0.596. The standard InChI is InChI=1S/C17H13ClF2N2O7S/c18-13-6-5-11(30(21,26)27)7-12(13)16(25)28-8-14(23)22-15(24)9-1-3-10(4-2-9)29-17(19)20/h1-7,17H,8H2,(H2,21,26,27)(H,22,23,24). The van der Waals surface area contributed by atoms with Gasteiger partial charge in [0.25, 0.3) is 11.8 Å². The smallest absolute Gasteiger partial charge is 0.387 e. The molecule has 0 aromatic heterocycles. The number of primary sulfonamides is 1. The maximum Gasteiger partial charge on any atom is 0.387 e. The minimum atomic E-state index is -4.10. The highest BCUT2D eigenvalue weighted by molar-refractivity contribution is 7.89. The van der Waals surface area contributed by atoms with E-state index in [2.05, 4.69) is 4.74 Å². The van der Waals surface area contributed by atoms with Crippen LogP contribution in [-0.2, 0) is 19.6 Å². The summed E-state index contributed by atoms with van der Waals surface area (Å²) >= 11 is 5.82. The number of benzene rings is 2. The Morgan fingerprint density at radius 3 is 2.30 bits per heavy atom. The van der Waals surface area contributed by atoms with E-state index >= 15 is 0 Å². The van der Waals surface area contributed by atoms with Crippen LogP contribution in [0.5, 0.6) is 5.75 Å². The monoisotopic (exact) mass is 462 g/mol. The Morgan fingerprint density at radius 2 is 1.73 bits per heavy atom. The first-order valence-electron chi connectivity index (χ1n) is 7.86. The van der Waals surface area contributed by atoms with Crippen molar-refractivity contribution < 1.29 is 41.1 Å². The second-order valence-electron chi connectivity index (χ2n) is 5.54. The fourth-order valence-corrected chi connectivity index (χ4v) is 2.80. The highest BCUT2D eigenvalue weighted by Gasteiger charge is 2.19. The van der Waals surface area contributed by atoms with Gasteiger partial charge in [-0.1, -0.05) is 11.6 Å². The van der Waals surface area contributed by atoms with Crippen LogP contribution in [0.1, 0.15) is 20.7 Å². The third kappa shape index (κ3) is 6.47. The summed E-state index contributed by atoms with van der Waals surface area (Å²) in [5, 5.41) is 6.75. The van der Waals surface area contributed by atoms with Crippen LogP contribution in [0.3, 0.4) is 0 Å². The number of halogens is 3. The topological polar surface area (TPSA) is 142 Å². The van der Waals surface area contributed by atoms with Gasteiger partial charge < -0.3 is 9.47 Å². The number of hydrogen-bond donors (Lipinski definition) is 2. The lowest BCUT2D eigenvalue weighted by Crippen LogP contribution is -2.34. The maximum atomic E-state index is 12.1. The molecule has 0 fully saturated rings. The number of alkyl halides is 2. The molecule has 0 aliphatic rings. The molecule has 0 heterocycles. The largest absolute Gasteiger partial charge is 0.452 e. The van der Waals surface area contributed by atoms with Crippen molar-refractivity contribution in [2.75, 3.05) is 6.61 Å². The summed E-state index contributed by atoms with van der Waals surface area (Å²) in [6, 6.07) is 7.57. The van der Waals surface area contributed by atoms with E-state index in [1.165, 1.54) is 0 Å². The predicted molar refractivity (Wildman–Crippen MR) is 98.7 cm³/mol. The van der Waals surface area contributed by atoms with Gasteiger partial charge in [-0.2, -0.15) is 8.78 Å². The van der Waals surface area contributed by atoms with Crippen LogP contribution in [0.25, 0.3) is 0 Å². The number of carbonyl (C=O) groups excluding carboxylic acids is 3. The third-order valence-corrected chi connectivity index (χ3v) is 4.66. The summed E-state index contributed by atoms with van der Waals surface area (Å²) < 4.78 is 55.7. The van der Waals surface area contributed by atoms with Gasteiger partial charge in [-0.25, -0.2) is 18.4 Å². The third-order valence-electron chi connectivity index (χ3n) is 3.42. The predicted octanol–water partition coefficient (Wildman–Crippen LogP) is 1.70. The minimum absolute atomic E-state index is 0.0415. The Labute approximate surface area is 173 Å². The minimum Gasteiger partial charge on any atom is -0.452 e. The van der Waals surface area contributed by atoms with Gasteiger partial charge in [-0.3, -0.25) is 14.9 Å². The van der Waals surface area contributed by atoms with Crippen molar-refractivity contribution in [3.05, 3.63) is 58.6 Å². The van der Waals surface area contributed by atoms with Gasteiger partial charge in [0.05, 0.1) is 15.5 Å². The van der Waals surface area contributed by atoms with Gasteiger partial charge in [0.2, 0.25) is 10.0 Å². The normalized spacial score (nSPS) is 11.1. The summed E-state index contributed by atoms with van der Waals surface area (Å²) in [6.45, 7) is -3.91. The molecule has 2 aromatic carbocycles. The van der Waals surface area contributed by atoms with Crippen molar-refractivity contribution in [3.63, 3.8) is 0 Å². The number of amides is 2. The maximum absolute atomic E-state index is 12.1. The van der Waals surface area contributed by atoms with Crippen molar-refractivity contribution in [1.82, 2.24) is 5.32 Å². The molecule has 0 atom stereocenters. The van der Waals surface area contributed by atoms with Crippen LogP contribution in [0, 0.1) is 0 Å². The summed E-state index contributed by atoms with van der Waals surface area (Å²) in [7, 11) is -4.10. The zero-order valence-corrected chi connectivity index (χ0v) is 16.4. The Kier molecular flexibility index (Phi) is 7.43. The van der Waals surface area contributed by atoms with Gasteiger partial charge >= 0.3 is 12.6 Å². The molecule has 0 saturated heterocycles. The molecular weight excluding hydrogens is 450 g/mol. The highest BCUT2D eigenvalue weighted by Crippen LogP contribution is 2.21. The van der Waals surface area contributed by atoms with E-state index in [1.54, 1.807) is 0 Å². The number of nitrogens with two attached hydrogens (primary N) is 1. The molecule has 3 N–H and O–H groups in total. The van der Waals surface area contributed by atoms with Crippen molar-refractivity contribution in [2.24, 2.45) is 5.14 Å². The Hall–Kier alpha value is -3.09. The number of rotatable bonds is 7. The number of hydrogen-bond acceptors (Lipinski definition) is 7. The fraction of sp³-hybridized carbons (Fsp3) is 0.118. The van der Waals surface area contributed by atoms with E-state index in [-0.39, 0.29) is 21.9 Å². The van der Waals surface area contributed by atoms with Crippen LogP contribution in [0.15, 0.2) is 47.4 Å². The fourth-order valence-electron chi connectivity index (χ4n) is 2.07. The Balaban J connectivity index is 1.96. The molecular formula is C17H13ClF2N2O7S. The zero-order valence-electron chi connectivity index (χ0n) is 14.8. The molecule has 0 aliphatic carbocycles. The first-order chi connectivity index (χ1) is 14.0. The Bertz CT molecular complexity index is 1080. The summed E-state index contributed by atoms with van der Waals surface area (Å²) in [5.41, 5.74) is -0.392. The highest BCUT2D eigenvalue weighted by atomic mass is 35.5. The molecule has 0 aliphatic heterocycles. The van der Waals surface area contributed by atoms with Crippen LogP contribution >= 0.6 is 11.6 Å². The zero-order chi connectivity index (χ0) is 22.5. The molecule has 9 nitrogen and oxygen atoms in total. The molecule has 0 radical (unpaired) electrons. The van der Waals surface area contributed by atoms with E-state index in [0.29, 0.717) is 0 Å². The number of nitrogens with one attached hydrogen (secondary N) is 1. The van der Waals surface area contributed by atoms with Crippen molar-refractivity contribution in [2.45, 2.75) is 11.5 Å². The van der Waals surface area contributed by atoms with Crippen LogP contribution in [0.2, 0.25) is 5.02 Å². The molecule has 13 heteroatoms. The number of ether oxygens (including phenoxy) is 2. The average Bonchev–Trinajstić information content (AvgIpc) is 2.65. The lowest BCUT2D eigenvalue weighted by atomic mass is 10.2. The molecule has 160 valence electrons. The van der Waals surface area contributed by atoms with E-state index in [4.69, 9.17) is 21.5 Å². The van der Waals surface area contributed by atoms with Crippen molar-refractivity contribution in [3.8, 4) is 5.75 Å². The number of imide groups is 1. The lowest BCUT2D eigenvalue weighted by molar-refractivity contribution is -0.123. The van der Waals surface area contributed by atoms with Gasteiger partial charge in [-0.05, 0) is 42.5 Å². The second kappa shape index (κ2) is 9.61. The van der Waals surface area contributed by atoms with Crippen LogP contribution in [-0.4, -0.2) is 39.4 Å². The Morgan fingerprint density at radius 1 is 1.10 bits per heavy atom. The molecule has 2 rings (SSSR count). The summed E-state index contributed by atoms with van der Waals surface area (Å²) in [5.74, 6) is -3.18. The molecule has 2 aromatic rings. The van der Waals surface area contributed by atoms with E-state index < -0.39 is 45.9 Å². The molecule has 30 heavy (non-hydrogen) atoms. The van der Waals surface area contributed by atoms with E-state index in [9.17, 15) is 31.6 Å². The summed E-state index contributed by atoms with van der Waals surface area (Å²) in [6.07, 6.45) is 0. The van der Waals surface area contributed by atoms with Crippen LogP contribution in [0.4, 0.5) is 8.78 Å². The number of carbonyl (C=O) groups is 3. The van der Waals surface area contributed by atoms with E-state index in [1.807, 2.05) is 5.32 Å². The van der Waals surface area contributed by atoms with E-state index in [0.717, 1.165) is 42.5 Å². The molecule has 0 unspecified atom stereocenters. The first-order valence-corrected chi connectivity index (χ1v) is 9.78. The first kappa shape index (κ1) is 23.2. The molecule has 0 saturated carbocycles. The number of esters is 1. The van der Waals surface area contributed by atoms with Crippen molar-refractivity contribution >= 4 is 39.4 Å². The van der Waals surface area contributed by atoms with Gasteiger partial charge in [0, 0.05) is 5.56 Å². The van der Waals surface area contributed by atoms with Gasteiger partial charge in [-0.15, -0.1) is 0 Å². The number of sulfonamides is 1. The molecule has 0 spiro atoms. The second-order valence-corrected chi connectivity index (χ2v) is 7.51. The van der Waals surface area contributed by atoms with Gasteiger partial charge in [0.1, 0.15) is 5.75 Å². The SMILES string of the molecule is NS(=O)(=O)c1ccc(Cl)c(C(=O)OCC(=O)NC(=O)c2ccc(OC(F)F)cc2)c1. The molecule has 2 amide bonds. The summed E-state index contributed by atoms with van der Waals surface area (Å²) in [4.78, 5) is 35.4. The average molecular weight is 463 g/mol. The lowest BCUT2D eigenvalue weighted by Gasteiger charge is -2.08.